The Bertz CT molecular complexity index is 950. The molecule has 3 aromatic rings. The summed E-state index contributed by atoms with van der Waals surface area (Å²) < 4.78 is 10.6. The molecular formula is C20H19ClN4O3. The average molecular weight is 399 g/mol. The lowest BCUT2D eigenvalue weighted by Crippen LogP contribution is -2.22. The number of carbonyl (C=O) groups is 1. The molecule has 0 atom stereocenters. The monoisotopic (exact) mass is 398 g/mol. The van der Waals surface area contributed by atoms with E-state index in [4.69, 9.17) is 21.1 Å². The second kappa shape index (κ2) is 9.05. The van der Waals surface area contributed by atoms with Gasteiger partial charge in [-0.2, -0.15) is 0 Å². The van der Waals surface area contributed by atoms with Gasteiger partial charge in [-0.25, -0.2) is 4.98 Å². The third kappa shape index (κ3) is 4.69. The number of nitrogens with one attached hydrogen (secondary N) is 2. The summed E-state index contributed by atoms with van der Waals surface area (Å²) >= 11 is 6.12. The van der Waals surface area contributed by atoms with Gasteiger partial charge in [-0.05, 0) is 29.8 Å². The fourth-order valence-electron chi connectivity index (χ4n) is 2.48. The van der Waals surface area contributed by atoms with Crippen LogP contribution in [0.3, 0.4) is 0 Å². The first kappa shape index (κ1) is 19.4. The van der Waals surface area contributed by atoms with Gasteiger partial charge in [-0.15, -0.1) is 0 Å². The summed E-state index contributed by atoms with van der Waals surface area (Å²) in [6, 6.07) is 10.5. The molecule has 3 rings (SSSR count). The van der Waals surface area contributed by atoms with Crippen molar-refractivity contribution in [1.29, 1.82) is 0 Å². The molecule has 2 heterocycles. The van der Waals surface area contributed by atoms with Crippen LogP contribution in [0.15, 0.2) is 55.0 Å². The predicted molar refractivity (Wildman–Crippen MR) is 107 cm³/mol. The van der Waals surface area contributed by atoms with Crippen molar-refractivity contribution >= 4 is 29.0 Å². The van der Waals surface area contributed by atoms with Crippen LogP contribution in [-0.2, 0) is 6.54 Å². The number of pyridine rings is 2. The van der Waals surface area contributed by atoms with E-state index in [2.05, 4.69) is 20.6 Å². The van der Waals surface area contributed by atoms with Gasteiger partial charge >= 0.3 is 0 Å². The first-order valence-electron chi connectivity index (χ1n) is 8.42. The fraction of sp³-hybridized carbons (Fsp3) is 0.150. The molecule has 2 aromatic heterocycles. The van der Waals surface area contributed by atoms with E-state index < -0.39 is 0 Å². The van der Waals surface area contributed by atoms with E-state index >= 15 is 0 Å². The van der Waals surface area contributed by atoms with Crippen molar-refractivity contribution in [1.82, 2.24) is 15.3 Å². The molecule has 0 spiro atoms. The Hall–Kier alpha value is -3.32. The van der Waals surface area contributed by atoms with Gasteiger partial charge in [0.05, 0.1) is 30.5 Å². The van der Waals surface area contributed by atoms with E-state index in [0.717, 1.165) is 5.56 Å². The van der Waals surface area contributed by atoms with Crippen LogP contribution < -0.4 is 20.1 Å². The lowest BCUT2D eigenvalue weighted by atomic mass is 10.2. The molecule has 1 amide bonds. The zero-order valence-corrected chi connectivity index (χ0v) is 16.2. The lowest BCUT2D eigenvalue weighted by molar-refractivity contribution is 0.0950. The number of methoxy groups -OCH3 is 2. The maximum Gasteiger partial charge on any atom is 0.253 e. The van der Waals surface area contributed by atoms with E-state index in [0.29, 0.717) is 40.1 Å². The third-order valence-electron chi connectivity index (χ3n) is 3.96. The van der Waals surface area contributed by atoms with Crippen molar-refractivity contribution in [2.45, 2.75) is 6.54 Å². The minimum Gasteiger partial charge on any atom is -0.495 e. The molecule has 0 aliphatic rings. The maximum atomic E-state index is 12.3. The van der Waals surface area contributed by atoms with Gasteiger partial charge in [0.1, 0.15) is 17.3 Å². The number of anilines is 2. The molecule has 2 N–H and O–H groups in total. The molecule has 0 radical (unpaired) electrons. The molecule has 0 saturated carbocycles. The van der Waals surface area contributed by atoms with Crippen molar-refractivity contribution < 1.29 is 14.3 Å². The van der Waals surface area contributed by atoms with Gasteiger partial charge in [0, 0.05) is 37.3 Å². The lowest BCUT2D eigenvalue weighted by Gasteiger charge is -2.13. The molecule has 0 fully saturated rings. The molecule has 0 bridgehead atoms. The Morgan fingerprint density at radius 3 is 2.46 bits per heavy atom. The zero-order valence-electron chi connectivity index (χ0n) is 15.4. The Labute approximate surface area is 167 Å². The molecule has 7 nitrogen and oxygen atoms in total. The predicted octanol–water partition coefficient (Wildman–Crippen LogP) is 3.82. The molecule has 1 aromatic carbocycles. The number of rotatable bonds is 7. The quantitative estimate of drug-likeness (QED) is 0.629. The summed E-state index contributed by atoms with van der Waals surface area (Å²) in [5.41, 5.74) is 2.07. The van der Waals surface area contributed by atoms with Gasteiger partial charge in [-0.3, -0.25) is 9.78 Å². The maximum absolute atomic E-state index is 12.3. The van der Waals surface area contributed by atoms with Crippen molar-refractivity contribution in [3.8, 4) is 11.5 Å². The Morgan fingerprint density at radius 2 is 1.82 bits per heavy atom. The first-order chi connectivity index (χ1) is 13.6. The SMILES string of the molecule is COc1cc(Nc2ccc(C(=O)NCc3ccncc3)cn2)c(OC)cc1Cl. The van der Waals surface area contributed by atoms with E-state index in [9.17, 15) is 4.79 Å². The minimum absolute atomic E-state index is 0.207. The van der Waals surface area contributed by atoms with Gasteiger partial charge in [0.2, 0.25) is 0 Å². The highest BCUT2D eigenvalue weighted by Crippen LogP contribution is 2.37. The van der Waals surface area contributed by atoms with Crippen LogP contribution in [0.5, 0.6) is 11.5 Å². The number of nitrogens with zero attached hydrogens (tertiary/aromatic N) is 2. The molecule has 0 unspecified atom stereocenters. The van der Waals surface area contributed by atoms with E-state index in [1.807, 2.05) is 12.1 Å². The number of benzene rings is 1. The van der Waals surface area contributed by atoms with E-state index in [-0.39, 0.29) is 5.91 Å². The summed E-state index contributed by atoms with van der Waals surface area (Å²) in [4.78, 5) is 20.5. The number of hydrogen-bond acceptors (Lipinski definition) is 6. The van der Waals surface area contributed by atoms with Crippen molar-refractivity contribution in [2.24, 2.45) is 0 Å². The summed E-state index contributed by atoms with van der Waals surface area (Å²) in [6.45, 7) is 0.420. The summed E-state index contributed by atoms with van der Waals surface area (Å²) in [6.07, 6.45) is 4.87. The Morgan fingerprint density at radius 1 is 1.07 bits per heavy atom. The van der Waals surface area contributed by atoms with Crippen molar-refractivity contribution in [2.75, 3.05) is 19.5 Å². The third-order valence-corrected chi connectivity index (χ3v) is 4.26. The standard InChI is InChI=1S/C20H19ClN4O3/c1-27-17-10-16(18(28-2)9-15(17)21)25-19-4-3-14(12-23-19)20(26)24-11-13-5-7-22-8-6-13/h3-10,12H,11H2,1-2H3,(H,23,25)(H,24,26). The van der Waals surface area contributed by atoms with Gasteiger partial charge < -0.3 is 20.1 Å². The molecule has 144 valence electrons. The van der Waals surface area contributed by atoms with Gasteiger partial charge in [-0.1, -0.05) is 11.6 Å². The van der Waals surface area contributed by atoms with Crippen LogP contribution in [0.1, 0.15) is 15.9 Å². The van der Waals surface area contributed by atoms with E-state index in [1.54, 1.807) is 43.8 Å². The molecule has 8 heteroatoms. The Kier molecular flexibility index (Phi) is 6.29. The number of carbonyl (C=O) groups excluding carboxylic acids is 1. The second-order valence-corrected chi connectivity index (χ2v) is 6.19. The van der Waals surface area contributed by atoms with Gasteiger partial charge in [0.15, 0.2) is 0 Å². The largest absolute Gasteiger partial charge is 0.495 e. The van der Waals surface area contributed by atoms with Crippen molar-refractivity contribution in [3.05, 3.63) is 71.1 Å². The van der Waals surface area contributed by atoms with Crippen molar-refractivity contribution in [3.63, 3.8) is 0 Å². The summed E-state index contributed by atoms with van der Waals surface area (Å²) in [5, 5.41) is 6.43. The topological polar surface area (TPSA) is 85.4 Å². The normalized spacial score (nSPS) is 10.2. The second-order valence-electron chi connectivity index (χ2n) is 5.78. The molecule has 28 heavy (non-hydrogen) atoms. The van der Waals surface area contributed by atoms with Crippen LogP contribution in [-0.4, -0.2) is 30.1 Å². The highest BCUT2D eigenvalue weighted by Gasteiger charge is 2.11. The number of halogens is 1. The van der Waals surface area contributed by atoms with Crippen LogP contribution in [0.2, 0.25) is 5.02 Å². The number of aromatic nitrogens is 2. The van der Waals surface area contributed by atoms with Crippen LogP contribution in [0.4, 0.5) is 11.5 Å². The number of ether oxygens (including phenoxy) is 2. The number of hydrogen-bond donors (Lipinski definition) is 2. The highest BCUT2D eigenvalue weighted by molar-refractivity contribution is 6.32. The fourth-order valence-corrected chi connectivity index (χ4v) is 2.71. The van der Waals surface area contributed by atoms with Crippen LogP contribution in [0.25, 0.3) is 0 Å². The number of amides is 1. The molecule has 0 saturated heterocycles. The summed E-state index contributed by atoms with van der Waals surface area (Å²) in [7, 11) is 3.09. The van der Waals surface area contributed by atoms with Crippen LogP contribution >= 0.6 is 11.6 Å². The minimum atomic E-state index is -0.207. The van der Waals surface area contributed by atoms with E-state index in [1.165, 1.54) is 13.3 Å². The molecular weight excluding hydrogens is 380 g/mol. The average Bonchev–Trinajstić information content (AvgIpc) is 2.74. The molecule has 0 aliphatic carbocycles. The van der Waals surface area contributed by atoms with Gasteiger partial charge in [0.25, 0.3) is 5.91 Å². The molecule has 0 aliphatic heterocycles. The summed E-state index contributed by atoms with van der Waals surface area (Å²) in [5.74, 6) is 1.40. The zero-order chi connectivity index (χ0) is 19.9. The Balaban J connectivity index is 1.68. The highest BCUT2D eigenvalue weighted by atomic mass is 35.5. The smallest absolute Gasteiger partial charge is 0.253 e. The first-order valence-corrected chi connectivity index (χ1v) is 8.80. The van der Waals surface area contributed by atoms with Crippen LogP contribution in [0, 0.1) is 0 Å².